The fraction of sp³-hybridized carbons (Fsp3) is 0.154. The maximum Gasteiger partial charge on any atom is 0.374 e. The lowest BCUT2D eigenvalue weighted by Gasteiger charge is -2.06. The molecule has 2 rings (SSSR count). The number of benzene rings is 1. The normalized spacial score (nSPS) is 10.1. The molecule has 0 radical (unpaired) electrons. The van der Waals surface area contributed by atoms with Crippen LogP contribution in [-0.4, -0.2) is 13.1 Å². The molecule has 0 saturated heterocycles. The lowest BCUT2D eigenvalue weighted by Crippen LogP contribution is -2.06. The van der Waals surface area contributed by atoms with Crippen LogP contribution in [0.2, 0.25) is 0 Å². The second kappa shape index (κ2) is 5.73. The standard InChI is InChI=1S/C13H12BrNO3/c1-17-13(16)12-9(6-7-18-12)8-15-11-4-2-10(14)3-5-11/h2-7,15H,8H2,1H3. The van der Waals surface area contributed by atoms with Crippen molar-refractivity contribution >= 4 is 27.6 Å². The van der Waals surface area contributed by atoms with Gasteiger partial charge in [0.15, 0.2) is 0 Å². The summed E-state index contributed by atoms with van der Waals surface area (Å²) in [6.07, 6.45) is 1.48. The van der Waals surface area contributed by atoms with E-state index in [9.17, 15) is 4.79 Å². The number of halogens is 1. The Morgan fingerprint density at radius 1 is 1.33 bits per heavy atom. The summed E-state index contributed by atoms with van der Waals surface area (Å²) < 4.78 is 10.8. The predicted octanol–water partition coefficient (Wildman–Crippen LogP) is 3.44. The Morgan fingerprint density at radius 2 is 2.06 bits per heavy atom. The first kappa shape index (κ1) is 12.7. The van der Waals surface area contributed by atoms with Crippen LogP contribution in [0.5, 0.6) is 0 Å². The van der Waals surface area contributed by atoms with Gasteiger partial charge < -0.3 is 14.5 Å². The van der Waals surface area contributed by atoms with E-state index in [2.05, 4.69) is 26.0 Å². The molecule has 0 spiro atoms. The molecule has 4 nitrogen and oxygen atoms in total. The topological polar surface area (TPSA) is 51.5 Å². The number of hydrogen-bond acceptors (Lipinski definition) is 4. The van der Waals surface area contributed by atoms with Crippen molar-refractivity contribution in [3.63, 3.8) is 0 Å². The predicted molar refractivity (Wildman–Crippen MR) is 71.5 cm³/mol. The lowest BCUT2D eigenvalue weighted by atomic mass is 10.2. The number of ether oxygens (including phenoxy) is 1. The molecule has 0 fully saturated rings. The highest BCUT2D eigenvalue weighted by molar-refractivity contribution is 9.10. The largest absolute Gasteiger partial charge is 0.463 e. The second-order valence-corrected chi connectivity index (χ2v) is 4.54. The van der Waals surface area contributed by atoms with Crippen LogP contribution in [0.25, 0.3) is 0 Å². The van der Waals surface area contributed by atoms with Gasteiger partial charge in [-0.1, -0.05) is 15.9 Å². The van der Waals surface area contributed by atoms with Crippen LogP contribution >= 0.6 is 15.9 Å². The highest BCUT2D eigenvalue weighted by Gasteiger charge is 2.15. The van der Waals surface area contributed by atoms with Crippen molar-refractivity contribution in [2.75, 3.05) is 12.4 Å². The zero-order valence-electron chi connectivity index (χ0n) is 9.77. The molecule has 0 aliphatic heterocycles. The van der Waals surface area contributed by atoms with Crippen LogP contribution in [0.4, 0.5) is 5.69 Å². The van der Waals surface area contributed by atoms with E-state index in [0.29, 0.717) is 6.54 Å². The summed E-state index contributed by atoms with van der Waals surface area (Å²) in [5, 5.41) is 3.21. The second-order valence-electron chi connectivity index (χ2n) is 3.63. The average molecular weight is 310 g/mol. The molecular weight excluding hydrogens is 298 g/mol. The van der Waals surface area contributed by atoms with Gasteiger partial charge in [0.25, 0.3) is 0 Å². The quantitative estimate of drug-likeness (QED) is 0.879. The van der Waals surface area contributed by atoms with E-state index in [1.54, 1.807) is 6.07 Å². The average Bonchev–Trinajstić information content (AvgIpc) is 2.85. The molecule has 94 valence electrons. The van der Waals surface area contributed by atoms with E-state index < -0.39 is 5.97 Å². The minimum atomic E-state index is -0.465. The van der Waals surface area contributed by atoms with E-state index in [1.165, 1.54) is 13.4 Å². The van der Waals surface area contributed by atoms with Crippen LogP contribution < -0.4 is 5.32 Å². The summed E-state index contributed by atoms with van der Waals surface area (Å²) in [5.41, 5.74) is 1.74. The Labute approximate surface area is 113 Å². The lowest BCUT2D eigenvalue weighted by molar-refractivity contribution is 0.0563. The Morgan fingerprint density at radius 3 is 2.72 bits per heavy atom. The number of hydrogen-bond donors (Lipinski definition) is 1. The summed E-state index contributed by atoms with van der Waals surface area (Å²) in [4.78, 5) is 11.4. The van der Waals surface area contributed by atoms with Crippen molar-refractivity contribution in [2.24, 2.45) is 0 Å². The summed E-state index contributed by atoms with van der Waals surface area (Å²) >= 11 is 3.37. The van der Waals surface area contributed by atoms with E-state index in [-0.39, 0.29) is 5.76 Å². The van der Waals surface area contributed by atoms with Crippen molar-refractivity contribution < 1.29 is 13.9 Å². The Bertz CT molecular complexity index is 533. The van der Waals surface area contributed by atoms with E-state index >= 15 is 0 Å². The molecule has 1 N–H and O–H groups in total. The van der Waals surface area contributed by atoms with Crippen LogP contribution in [-0.2, 0) is 11.3 Å². The number of esters is 1. The van der Waals surface area contributed by atoms with Crippen molar-refractivity contribution in [2.45, 2.75) is 6.54 Å². The summed E-state index contributed by atoms with van der Waals surface area (Å²) in [6, 6.07) is 9.53. The monoisotopic (exact) mass is 309 g/mol. The van der Waals surface area contributed by atoms with Gasteiger partial charge in [0.05, 0.1) is 13.4 Å². The molecule has 18 heavy (non-hydrogen) atoms. The van der Waals surface area contributed by atoms with Crippen LogP contribution in [0, 0.1) is 0 Å². The molecule has 1 aromatic heterocycles. The number of methoxy groups -OCH3 is 1. The molecule has 0 bridgehead atoms. The maximum absolute atomic E-state index is 11.4. The summed E-state index contributed by atoms with van der Waals surface area (Å²) in [7, 11) is 1.33. The SMILES string of the molecule is COC(=O)c1occc1CNc1ccc(Br)cc1. The first-order valence-electron chi connectivity index (χ1n) is 5.35. The molecular formula is C13H12BrNO3. The van der Waals surface area contributed by atoms with Gasteiger partial charge >= 0.3 is 5.97 Å². The number of furan rings is 1. The number of rotatable bonds is 4. The molecule has 0 amide bonds. The Kier molecular flexibility index (Phi) is 4.04. The fourth-order valence-electron chi connectivity index (χ4n) is 1.51. The van der Waals surface area contributed by atoms with E-state index in [0.717, 1.165) is 15.7 Å². The molecule has 0 unspecified atom stereocenters. The Balaban J connectivity index is 2.04. The van der Waals surface area contributed by atoms with Gasteiger partial charge in [-0.15, -0.1) is 0 Å². The Hall–Kier alpha value is -1.75. The summed E-state index contributed by atoms with van der Waals surface area (Å²) in [5.74, 6) is -0.227. The van der Waals surface area contributed by atoms with Crippen molar-refractivity contribution in [3.8, 4) is 0 Å². The highest BCUT2D eigenvalue weighted by Crippen LogP contribution is 2.17. The van der Waals surface area contributed by atoms with Gasteiger partial charge in [-0.05, 0) is 30.3 Å². The van der Waals surface area contributed by atoms with Gasteiger partial charge in [0.1, 0.15) is 0 Å². The van der Waals surface area contributed by atoms with Gasteiger partial charge in [-0.2, -0.15) is 0 Å². The fourth-order valence-corrected chi connectivity index (χ4v) is 1.78. The molecule has 0 aliphatic carbocycles. The van der Waals surface area contributed by atoms with Crippen LogP contribution in [0.3, 0.4) is 0 Å². The minimum absolute atomic E-state index is 0.238. The summed E-state index contributed by atoms with van der Waals surface area (Å²) in [6.45, 7) is 0.503. The van der Waals surface area contributed by atoms with Crippen LogP contribution in [0.1, 0.15) is 16.1 Å². The van der Waals surface area contributed by atoms with E-state index in [1.807, 2.05) is 24.3 Å². The first-order valence-corrected chi connectivity index (χ1v) is 6.14. The molecule has 0 atom stereocenters. The van der Waals surface area contributed by atoms with Crippen molar-refractivity contribution in [3.05, 3.63) is 52.4 Å². The third-order valence-corrected chi connectivity index (χ3v) is 2.97. The zero-order chi connectivity index (χ0) is 13.0. The molecule has 0 saturated carbocycles. The zero-order valence-corrected chi connectivity index (χ0v) is 11.4. The van der Waals surface area contributed by atoms with Gasteiger partial charge in [0.2, 0.25) is 5.76 Å². The van der Waals surface area contributed by atoms with Gasteiger partial charge in [-0.25, -0.2) is 4.79 Å². The molecule has 0 aliphatic rings. The highest BCUT2D eigenvalue weighted by atomic mass is 79.9. The smallest absolute Gasteiger partial charge is 0.374 e. The minimum Gasteiger partial charge on any atom is -0.463 e. The first-order chi connectivity index (χ1) is 8.70. The number of carbonyl (C=O) groups excluding carboxylic acids is 1. The molecule has 1 heterocycles. The molecule has 2 aromatic rings. The van der Waals surface area contributed by atoms with E-state index in [4.69, 9.17) is 4.42 Å². The number of carbonyl (C=O) groups is 1. The number of nitrogens with one attached hydrogen (secondary N) is 1. The van der Waals surface area contributed by atoms with Crippen molar-refractivity contribution in [1.29, 1.82) is 0 Å². The van der Waals surface area contributed by atoms with Crippen LogP contribution in [0.15, 0.2) is 45.5 Å². The third-order valence-electron chi connectivity index (χ3n) is 2.44. The van der Waals surface area contributed by atoms with Gasteiger partial charge in [0, 0.05) is 22.3 Å². The maximum atomic E-state index is 11.4. The van der Waals surface area contributed by atoms with Crippen molar-refractivity contribution in [1.82, 2.24) is 0 Å². The van der Waals surface area contributed by atoms with Gasteiger partial charge in [-0.3, -0.25) is 0 Å². The third kappa shape index (κ3) is 2.92. The molecule has 1 aromatic carbocycles. The number of anilines is 1. The molecule has 5 heteroatoms.